The standard InChI is InChI=1S/C21H23N3O3S3/c1-28-21-23-18-10-7-16(14-19(18)29-21)22-20(25)13-15-5-8-17(9-6-15)30(26,27)24-11-3-2-4-12-24/h5-10,14H,2-4,11-13H2,1H3,(H,22,25). The quantitative estimate of drug-likeness (QED) is 0.551. The predicted molar refractivity (Wildman–Crippen MR) is 123 cm³/mol. The second-order valence-corrected chi connectivity index (χ2v) is 11.2. The van der Waals surface area contributed by atoms with E-state index < -0.39 is 10.0 Å². The molecule has 6 nitrogen and oxygen atoms in total. The molecular weight excluding hydrogens is 438 g/mol. The van der Waals surface area contributed by atoms with Crippen molar-refractivity contribution in [3.8, 4) is 0 Å². The van der Waals surface area contributed by atoms with Gasteiger partial charge in [-0.05, 0) is 55.0 Å². The predicted octanol–water partition coefficient (Wildman–Crippen LogP) is 4.37. The Labute approximate surface area is 184 Å². The minimum absolute atomic E-state index is 0.143. The molecule has 0 unspecified atom stereocenters. The highest BCUT2D eigenvalue weighted by Gasteiger charge is 2.25. The number of piperidine rings is 1. The Morgan fingerprint density at radius 2 is 1.87 bits per heavy atom. The molecule has 9 heteroatoms. The van der Waals surface area contributed by atoms with Crippen molar-refractivity contribution >= 4 is 54.9 Å². The summed E-state index contributed by atoms with van der Waals surface area (Å²) in [6.45, 7) is 1.16. The van der Waals surface area contributed by atoms with Crippen LogP contribution in [0, 0.1) is 0 Å². The summed E-state index contributed by atoms with van der Waals surface area (Å²) in [7, 11) is -3.45. The lowest BCUT2D eigenvalue weighted by Crippen LogP contribution is -2.35. The summed E-state index contributed by atoms with van der Waals surface area (Å²) in [4.78, 5) is 17.2. The van der Waals surface area contributed by atoms with Crippen LogP contribution in [0.1, 0.15) is 24.8 Å². The molecule has 2 heterocycles. The third kappa shape index (κ3) is 4.69. The second kappa shape index (κ2) is 9.05. The van der Waals surface area contributed by atoms with Crippen molar-refractivity contribution in [2.24, 2.45) is 0 Å². The molecule has 30 heavy (non-hydrogen) atoms. The van der Waals surface area contributed by atoms with Crippen LogP contribution in [0.2, 0.25) is 0 Å². The number of nitrogens with zero attached hydrogens (tertiary/aromatic N) is 2. The van der Waals surface area contributed by atoms with E-state index in [1.54, 1.807) is 51.7 Å². The lowest BCUT2D eigenvalue weighted by atomic mass is 10.1. The number of sulfonamides is 1. The maximum atomic E-state index is 12.7. The largest absolute Gasteiger partial charge is 0.326 e. The van der Waals surface area contributed by atoms with Gasteiger partial charge >= 0.3 is 0 Å². The molecular formula is C21H23N3O3S3. The number of carbonyl (C=O) groups excluding carboxylic acids is 1. The van der Waals surface area contributed by atoms with Gasteiger partial charge in [-0.25, -0.2) is 13.4 Å². The Morgan fingerprint density at radius 1 is 1.13 bits per heavy atom. The van der Waals surface area contributed by atoms with Crippen LogP contribution in [-0.2, 0) is 21.2 Å². The zero-order valence-electron chi connectivity index (χ0n) is 16.6. The molecule has 1 amide bonds. The van der Waals surface area contributed by atoms with Crippen molar-refractivity contribution in [3.63, 3.8) is 0 Å². The van der Waals surface area contributed by atoms with Crippen LogP contribution in [0.4, 0.5) is 5.69 Å². The molecule has 0 radical (unpaired) electrons. The van der Waals surface area contributed by atoms with Gasteiger partial charge in [0.15, 0.2) is 4.34 Å². The van der Waals surface area contributed by atoms with Gasteiger partial charge in [-0.2, -0.15) is 4.31 Å². The van der Waals surface area contributed by atoms with Crippen LogP contribution < -0.4 is 5.32 Å². The number of anilines is 1. The summed E-state index contributed by atoms with van der Waals surface area (Å²) >= 11 is 3.20. The number of thiazole rings is 1. The average Bonchev–Trinajstić information content (AvgIpc) is 3.17. The minimum atomic E-state index is -3.45. The van der Waals surface area contributed by atoms with Crippen molar-refractivity contribution in [1.82, 2.24) is 9.29 Å². The maximum absolute atomic E-state index is 12.7. The van der Waals surface area contributed by atoms with Gasteiger partial charge in [0.25, 0.3) is 0 Å². The number of rotatable bonds is 6. The molecule has 1 saturated heterocycles. The van der Waals surface area contributed by atoms with Crippen molar-refractivity contribution in [2.45, 2.75) is 34.9 Å². The molecule has 1 fully saturated rings. The molecule has 1 aliphatic heterocycles. The van der Waals surface area contributed by atoms with Crippen LogP contribution >= 0.6 is 23.1 Å². The number of fused-ring (bicyclic) bond motifs is 1. The minimum Gasteiger partial charge on any atom is -0.326 e. The van der Waals surface area contributed by atoms with E-state index in [1.165, 1.54) is 0 Å². The van der Waals surface area contributed by atoms with Crippen molar-refractivity contribution in [3.05, 3.63) is 48.0 Å². The van der Waals surface area contributed by atoms with E-state index in [9.17, 15) is 13.2 Å². The van der Waals surface area contributed by atoms with Crippen LogP contribution in [0.25, 0.3) is 10.2 Å². The molecule has 4 rings (SSSR count). The first-order chi connectivity index (χ1) is 14.5. The molecule has 3 aromatic rings. The fraction of sp³-hybridized carbons (Fsp3) is 0.333. The fourth-order valence-corrected chi connectivity index (χ4v) is 6.54. The number of aromatic nitrogens is 1. The average molecular weight is 462 g/mol. The number of thioether (sulfide) groups is 1. The summed E-state index contributed by atoms with van der Waals surface area (Å²) < 4.78 is 29.0. The number of benzene rings is 2. The van der Waals surface area contributed by atoms with Crippen LogP contribution in [0.15, 0.2) is 51.7 Å². The zero-order valence-corrected chi connectivity index (χ0v) is 19.1. The fourth-order valence-electron chi connectivity index (χ4n) is 3.49. The number of amides is 1. The molecule has 0 atom stereocenters. The number of carbonyl (C=O) groups is 1. The highest BCUT2D eigenvalue weighted by Crippen LogP contribution is 2.30. The Kier molecular flexibility index (Phi) is 6.43. The Morgan fingerprint density at radius 3 is 2.57 bits per heavy atom. The monoisotopic (exact) mass is 461 g/mol. The summed E-state index contributed by atoms with van der Waals surface area (Å²) in [5.74, 6) is -0.143. The molecule has 1 N–H and O–H groups in total. The molecule has 1 aliphatic rings. The topological polar surface area (TPSA) is 79.4 Å². The zero-order chi connectivity index (χ0) is 21.1. The van der Waals surface area contributed by atoms with Crippen molar-refractivity contribution < 1.29 is 13.2 Å². The van der Waals surface area contributed by atoms with E-state index in [1.807, 2.05) is 24.5 Å². The molecule has 0 saturated carbocycles. The van der Waals surface area contributed by atoms with Crippen LogP contribution in [0.3, 0.4) is 0 Å². The van der Waals surface area contributed by atoms with Crippen molar-refractivity contribution in [2.75, 3.05) is 24.7 Å². The van der Waals surface area contributed by atoms with Gasteiger partial charge in [-0.1, -0.05) is 30.3 Å². The second-order valence-electron chi connectivity index (χ2n) is 7.20. The molecule has 1 aromatic heterocycles. The first kappa shape index (κ1) is 21.3. The Hall–Kier alpha value is -1.94. The summed E-state index contributed by atoms with van der Waals surface area (Å²) in [6, 6.07) is 12.3. The van der Waals surface area contributed by atoms with Gasteiger partial charge in [-0.15, -0.1) is 11.3 Å². The van der Waals surface area contributed by atoms with E-state index in [-0.39, 0.29) is 17.2 Å². The molecule has 2 aromatic carbocycles. The highest BCUT2D eigenvalue weighted by molar-refractivity contribution is 8.00. The van der Waals surface area contributed by atoms with Gasteiger partial charge in [0.05, 0.1) is 21.5 Å². The third-order valence-electron chi connectivity index (χ3n) is 5.07. The maximum Gasteiger partial charge on any atom is 0.243 e. The van der Waals surface area contributed by atoms with E-state index >= 15 is 0 Å². The lowest BCUT2D eigenvalue weighted by molar-refractivity contribution is -0.115. The van der Waals surface area contributed by atoms with E-state index in [0.29, 0.717) is 13.1 Å². The first-order valence-electron chi connectivity index (χ1n) is 9.79. The van der Waals surface area contributed by atoms with Crippen molar-refractivity contribution in [1.29, 1.82) is 0 Å². The van der Waals surface area contributed by atoms with E-state index in [0.717, 1.165) is 45.1 Å². The van der Waals surface area contributed by atoms with Gasteiger partial charge in [-0.3, -0.25) is 4.79 Å². The van der Waals surface area contributed by atoms with Crippen LogP contribution in [-0.4, -0.2) is 43.0 Å². The Balaban J connectivity index is 1.41. The third-order valence-corrected chi connectivity index (χ3v) is 8.98. The number of nitrogens with one attached hydrogen (secondary N) is 1. The van der Waals surface area contributed by atoms with Crippen LogP contribution in [0.5, 0.6) is 0 Å². The van der Waals surface area contributed by atoms with Gasteiger partial charge in [0, 0.05) is 18.8 Å². The first-order valence-corrected chi connectivity index (χ1v) is 13.3. The summed E-state index contributed by atoms with van der Waals surface area (Å²) in [5, 5.41) is 2.91. The molecule has 0 aliphatic carbocycles. The van der Waals surface area contributed by atoms with Gasteiger partial charge in [0.2, 0.25) is 15.9 Å². The van der Waals surface area contributed by atoms with E-state index in [4.69, 9.17) is 0 Å². The molecule has 0 spiro atoms. The SMILES string of the molecule is CSc1nc2ccc(NC(=O)Cc3ccc(S(=O)(=O)N4CCCCC4)cc3)cc2s1. The van der Waals surface area contributed by atoms with E-state index in [2.05, 4.69) is 10.3 Å². The smallest absolute Gasteiger partial charge is 0.243 e. The number of hydrogen-bond donors (Lipinski definition) is 1. The van der Waals surface area contributed by atoms with Gasteiger partial charge in [0.1, 0.15) is 0 Å². The molecule has 158 valence electrons. The summed E-state index contributed by atoms with van der Waals surface area (Å²) in [6.07, 6.45) is 5.06. The lowest BCUT2D eigenvalue weighted by Gasteiger charge is -2.25. The molecule has 0 bridgehead atoms. The summed E-state index contributed by atoms with van der Waals surface area (Å²) in [5.41, 5.74) is 2.43. The normalized spacial score (nSPS) is 15.4. The Bertz CT molecular complexity index is 1150. The highest BCUT2D eigenvalue weighted by atomic mass is 32.2. The number of hydrogen-bond acceptors (Lipinski definition) is 6. The van der Waals surface area contributed by atoms with Gasteiger partial charge < -0.3 is 5.32 Å².